The lowest BCUT2D eigenvalue weighted by Crippen LogP contribution is -2.42. The van der Waals surface area contributed by atoms with E-state index in [9.17, 15) is 9.59 Å². The minimum Gasteiger partial charge on any atom is -0.498 e. The Morgan fingerprint density at radius 2 is 1.83 bits per heavy atom. The van der Waals surface area contributed by atoms with Crippen molar-refractivity contribution in [2.75, 3.05) is 20.1 Å². The van der Waals surface area contributed by atoms with Crippen LogP contribution in [0.3, 0.4) is 0 Å². The Balaban J connectivity index is 2.44. The van der Waals surface area contributed by atoms with Crippen LogP contribution in [0.1, 0.15) is 26.2 Å². The minimum atomic E-state index is -0.868. The molecular formula is C12H18BNO4. The largest absolute Gasteiger partial charge is 0.611 e. The molecule has 1 aliphatic rings. The van der Waals surface area contributed by atoms with E-state index in [0.29, 0.717) is 0 Å². The van der Waals surface area contributed by atoms with Gasteiger partial charge in [-0.25, -0.2) is 0 Å². The molecule has 0 N–H and O–H groups in total. The predicted molar refractivity (Wildman–Crippen MR) is 67.5 cm³/mol. The molecule has 0 unspecified atom stereocenters. The standard InChI is InChI=1S/C12H18BNO4/c1-3-4-5-6-7-8-13-17-11(15)9-14(2)10-12(16)18-13/h3-5,8-10H2,1-2H3. The van der Waals surface area contributed by atoms with Crippen LogP contribution in [-0.4, -0.2) is 44.1 Å². The molecule has 0 amide bonds. The molecule has 1 rings (SSSR count). The average Bonchev–Trinajstić information content (AvgIpc) is 2.26. The molecule has 0 aromatic heterocycles. The summed E-state index contributed by atoms with van der Waals surface area (Å²) in [5.74, 6) is 5.04. The molecule has 18 heavy (non-hydrogen) atoms. The number of rotatable bonds is 3. The molecule has 6 heteroatoms. The van der Waals surface area contributed by atoms with E-state index < -0.39 is 19.1 Å². The molecular weight excluding hydrogens is 233 g/mol. The molecule has 0 aromatic rings. The van der Waals surface area contributed by atoms with Gasteiger partial charge in [-0.05, 0) is 13.5 Å². The van der Waals surface area contributed by atoms with Gasteiger partial charge in [-0.1, -0.05) is 13.3 Å². The summed E-state index contributed by atoms with van der Waals surface area (Å²) in [5.41, 5.74) is 0. The van der Waals surface area contributed by atoms with Crippen molar-refractivity contribution in [3.63, 3.8) is 0 Å². The van der Waals surface area contributed by atoms with E-state index in [2.05, 4.69) is 18.8 Å². The fourth-order valence-electron chi connectivity index (χ4n) is 1.48. The fourth-order valence-corrected chi connectivity index (χ4v) is 1.48. The molecule has 0 spiro atoms. The van der Waals surface area contributed by atoms with E-state index in [4.69, 9.17) is 9.31 Å². The van der Waals surface area contributed by atoms with Gasteiger partial charge in [0.1, 0.15) is 0 Å². The van der Waals surface area contributed by atoms with Crippen LogP contribution in [0.4, 0.5) is 0 Å². The number of carbonyl (C=O) groups is 2. The van der Waals surface area contributed by atoms with E-state index in [0.717, 1.165) is 19.3 Å². The highest BCUT2D eigenvalue weighted by Crippen LogP contribution is 2.03. The van der Waals surface area contributed by atoms with Gasteiger partial charge in [0.15, 0.2) is 0 Å². The molecule has 0 bridgehead atoms. The first-order valence-corrected chi connectivity index (χ1v) is 6.15. The lowest BCUT2D eigenvalue weighted by atomic mass is 9.84. The molecule has 1 aliphatic heterocycles. The van der Waals surface area contributed by atoms with Gasteiger partial charge in [0.05, 0.1) is 19.4 Å². The van der Waals surface area contributed by atoms with Crippen molar-refractivity contribution < 1.29 is 18.9 Å². The Hall–Kier alpha value is -1.48. The second-order valence-electron chi connectivity index (χ2n) is 4.24. The van der Waals surface area contributed by atoms with Crippen molar-refractivity contribution in [2.24, 2.45) is 0 Å². The Kier molecular flexibility index (Phi) is 6.30. The maximum atomic E-state index is 11.4. The van der Waals surface area contributed by atoms with Crippen molar-refractivity contribution >= 4 is 19.1 Å². The predicted octanol–water partition coefficient (Wildman–Crippen LogP) is 0.700. The number of nitrogens with zero attached hydrogens (tertiary/aromatic N) is 1. The molecule has 1 fully saturated rings. The highest BCUT2D eigenvalue weighted by molar-refractivity contribution is 6.50. The summed E-state index contributed by atoms with van der Waals surface area (Å²) < 4.78 is 10.0. The Labute approximate surface area is 108 Å². The number of unbranched alkanes of at least 4 members (excludes halogenated alkanes) is 2. The van der Waals surface area contributed by atoms with Crippen LogP contribution in [0, 0.1) is 11.8 Å². The number of hydrogen-bond donors (Lipinski definition) is 0. The third-order valence-electron chi connectivity index (χ3n) is 2.37. The van der Waals surface area contributed by atoms with Crippen LogP contribution in [0.5, 0.6) is 0 Å². The molecule has 0 aliphatic carbocycles. The van der Waals surface area contributed by atoms with Gasteiger partial charge in [-0.3, -0.25) is 14.5 Å². The van der Waals surface area contributed by atoms with E-state index in [1.807, 2.05) is 0 Å². The molecule has 1 saturated heterocycles. The lowest BCUT2D eigenvalue weighted by molar-refractivity contribution is -0.145. The SMILES string of the molecule is CCCCC#CCB1OC(=O)CN(C)CC(=O)O1. The van der Waals surface area contributed by atoms with Crippen LogP contribution in [0.15, 0.2) is 0 Å². The third-order valence-corrected chi connectivity index (χ3v) is 2.37. The average molecular weight is 251 g/mol. The van der Waals surface area contributed by atoms with Crippen LogP contribution in [-0.2, 0) is 18.9 Å². The quantitative estimate of drug-likeness (QED) is 0.420. The zero-order valence-electron chi connectivity index (χ0n) is 10.9. The first-order valence-electron chi connectivity index (χ1n) is 6.15. The van der Waals surface area contributed by atoms with E-state index in [-0.39, 0.29) is 19.4 Å². The Morgan fingerprint density at radius 3 is 2.39 bits per heavy atom. The summed E-state index contributed by atoms with van der Waals surface area (Å²) in [4.78, 5) is 24.3. The smallest absolute Gasteiger partial charge is 0.498 e. The number of carbonyl (C=O) groups excluding carboxylic acids is 2. The van der Waals surface area contributed by atoms with Gasteiger partial charge in [-0.2, -0.15) is 0 Å². The van der Waals surface area contributed by atoms with E-state index >= 15 is 0 Å². The monoisotopic (exact) mass is 251 g/mol. The van der Waals surface area contributed by atoms with Gasteiger partial charge in [0.25, 0.3) is 0 Å². The summed E-state index contributed by atoms with van der Waals surface area (Å²) in [6, 6.07) is 0. The van der Waals surface area contributed by atoms with Crippen molar-refractivity contribution in [3.8, 4) is 11.8 Å². The summed E-state index contributed by atoms with van der Waals surface area (Å²) in [6.07, 6.45) is 3.19. The highest BCUT2D eigenvalue weighted by Gasteiger charge is 2.30. The molecule has 98 valence electrons. The van der Waals surface area contributed by atoms with Crippen LogP contribution >= 0.6 is 0 Å². The van der Waals surface area contributed by atoms with E-state index in [1.165, 1.54) is 0 Å². The topological polar surface area (TPSA) is 55.8 Å². The van der Waals surface area contributed by atoms with Gasteiger partial charge in [0.2, 0.25) is 0 Å². The zero-order chi connectivity index (χ0) is 13.4. The van der Waals surface area contributed by atoms with Gasteiger partial charge >= 0.3 is 19.1 Å². The van der Waals surface area contributed by atoms with Crippen LogP contribution in [0.25, 0.3) is 0 Å². The number of likely N-dealkylation sites (N-methyl/N-ethyl adjacent to an activating group) is 1. The van der Waals surface area contributed by atoms with Crippen LogP contribution < -0.4 is 0 Å². The summed E-state index contributed by atoms with van der Waals surface area (Å²) in [6.45, 7) is 2.28. The van der Waals surface area contributed by atoms with Gasteiger partial charge < -0.3 is 9.31 Å². The molecule has 0 atom stereocenters. The van der Waals surface area contributed by atoms with Crippen LogP contribution in [0.2, 0.25) is 6.32 Å². The summed E-state index contributed by atoms with van der Waals surface area (Å²) in [5, 5.41) is 0. The summed E-state index contributed by atoms with van der Waals surface area (Å²) in [7, 11) is 0.792. The van der Waals surface area contributed by atoms with Crippen molar-refractivity contribution in [1.29, 1.82) is 0 Å². The molecule has 0 aromatic carbocycles. The maximum Gasteiger partial charge on any atom is 0.611 e. The minimum absolute atomic E-state index is 0.0921. The van der Waals surface area contributed by atoms with E-state index in [1.54, 1.807) is 11.9 Å². The molecule has 1 heterocycles. The van der Waals surface area contributed by atoms with Gasteiger partial charge in [-0.15, -0.1) is 11.8 Å². The van der Waals surface area contributed by atoms with Crippen molar-refractivity contribution in [3.05, 3.63) is 0 Å². The fraction of sp³-hybridized carbons (Fsp3) is 0.667. The summed E-state index contributed by atoms with van der Waals surface area (Å²) >= 11 is 0. The van der Waals surface area contributed by atoms with Crippen molar-refractivity contribution in [1.82, 2.24) is 4.90 Å². The molecule has 0 radical (unpaired) electrons. The zero-order valence-corrected chi connectivity index (χ0v) is 10.9. The first kappa shape index (κ1) is 14.6. The first-order chi connectivity index (χ1) is 8.61. The third kappa shape index (κ3) is 5.73. The molecule has 5 nitrogen and oxygen atoms in total. The second kappa shape index (κ2) is 7.77. The highest BCUT2D eigenvalue weighted by atomic mass is 16.6. The van der Waals surface area contributed by atoms with Gasteiger partial charge in [0, 0.05) is 6.42 Å². The maximum absolute atomic E-state index is 11.4. The molecule has 0 saturated carbocycles. The second-order valence-corrected chi connectivity index (χ2v) is 4.24. The van der Waals surface area contributed by atoms with Crippen molar-refractivity contribution in [2.45, 2.75) is 32.5 Å². The lowest BCUT2D eigenvalue weighted by Gasteiger charge is -2.21. The Morgan fingerprint density at radius 1 is 1.22 bits per heavy atom. The normalized spacial score (nSPS) is 17.1. The number of hydrogen-bond acceptors (Lipinski definition) is 5. The Bertz CT molecular complexity index is 341.